The fourth-order valence-corrected chi connectivity index (χ4v) is 2.97. The van der Waals surface area contributed by atoms with Crippen LogP contribution in [0, 0.1) is 13.8 Å². The number of hydrogen-bond acceptors (Lipinski definition) is 4. The normalized spacial score (nSPS) is 10.7. The third kappa shape index (κ3) is 3.35. The summed E-state index contributed by atoms with van der Waals surface area (Å²) < 4.78 is 0. The summed E-state index contributed by atoms with van der Waals surface area (Å²) in [6, 6.07) is 20.8. The molecule has 0 aliphatic heterocycles. The van der Waals surface area contributed by atoms with Gasteiger partial charge in [-0.25, -0.2) is 15.0 Å². The van der Waals surface area contributed by atoms with Gasteiger partial charge >= 0.3 is 0 Å². The third-order valence-electron chi connectivity index (χ3n) is 4.19. The van der Waals surface area contributed by atoms with E-state index in [1.54, 1.807) is 6.20 Å². The van der Waals surface area contributed by atoms with E-state index in [0.717, 1.165) is 39.5 Å². The minimum Gasteiger partial charge on any atom is -0.264 e. The maximum absolute atomic E-state index is 4.46. The van der Waals surface area contributed by atoms with Crippen molar-refractivity contribution in [1.29, 1.82) is 0 Å². The number of rotatable bonds is 3. The second-order valence-electron chi connectivity index (χ2n) is 6.15. The van der Waals surface area contributed by atoms with Crippen molar-refractivity contribution in [2.75, 3.05) is 0 Å². The highest BCUT2D eigenvalue weighted by molar-refractivity contribution is 5.73. The van der Waals surface area contributed by atoms with E-state index in [4.69, 9.17) is 0 Å². The van der Waals surface area contributed by atoms with Crippen molar-refractivity contribution < 1.29 is 0 Å². The summed E-state index contributed by atoms with van der Waals surface area (Å²) in [5.74, 6) is 2.18. The highest BCUT2D eigenvalue weighted by atomic mass is 15.0. The minimum absolute atomic E-state index is 0.712. The molecule has 4 rings (SSSR count). The fraction of sp³-hybridized carbons (Fsp3) is 0.0909. The van der Waals surface area contributed by atoms with E-state index in [9.17, 15) is 0 Å². The predicted molar refractivity (Wildman–Crippen MR) is 103 cm³/mol. The first-order valence-corrected chi connectivity index (χ1v) is 8.49. The molecule has 0 aliphatic rings. The van der Waals surface area contributed by atoms with Crippen LogP contribution < -0.4 is 0 Å². The summed E-state index contributed by atoms with van der Waals surface area (Å²) in [7, 11) is 0. The standard InChI is InChI=1S/C22H18N4/c1-15-24-16(2)26-22(25-15)20-6-3-5-19(13-20)17-8-10-18(11-9-17)21-7-4-12-23-14-21/h3-14H,1-2H3. The molecule has 0 atom stereocenters. The van der Waals surface area contributed by atoms with Crippen LogP contribution in [0.5, 0.6) is 0 Å². The number of aromatic nitrogens is 4. The monoisotopic (exact) mass is 338 g/mol. The van der Waals surface area contributed by atoms with Crippen LogP contribution in [0.4, 0.5) is 0 Å². The Labute approximate surface area is 152 Å². The average molecular weight is 338 g/mol. The number of hydrogen-bond donors (Lipinski definition) is 0. The molecule has 0 saturated carbocycles. The first-order valence-electron chi connectivity index (χ1n) is 8.49. The summed E-state index contributed by atoms with van der Waals surface area (Å²) in [6.45, 7) is 3.78. The van der Waals surface area contributed by atoms with E-state index < -0.39 is 0 Å². The number of pyridine rings is 1. The number of aryl methyl sites for hydroxylation is 2. The van der Waals surface area contributed by atoms with Crippen molar-refractivity contribution in [2.45, 2.75) is 13.8 Å². The van der Waals surface area contributed by atoms with Gasteiger partial charge in [-0.2, -0.15) is 0 Å². The molecule has 0 amide bonds. The zero-order valence-corrected chi connectivity index (χ0v) is 14.7. The Morgan fingerprint density at radius 1 is 0.577 bits per heavy atom. The van der Waals surface area contributed by atoms with Crippen LogP contribution >= 0.6 is 0 Å². The number of nitrogens with zero attached hydrogens (tertiary/aromatic N) is 4. The van der Waals surface area contributed by atoms with Gasteiger partial charge in [0.25, 0.3) is 0 Å². The van der Waals surface area contributed by atoms with Crippen LogP contribution in [0.1, 0.15) is 11.6 Å². The molecule has 126 valence electrons. The second kappa shape index (κ2) is 6.84. The summed E-state index contributed by atoms with van der Waals surface area (Å²) >= 11 is 0. The second-order valence-corrected chi connectivity index (χ2v) is 6.15. The Kier molecular flexibility index (Phi) is 4.23. The molecule has 0 radical (unpaired) electrons. The summed E-state index contributed by atoms with van der Waals surface area (Å²) in [5, 5.41) is 0. The van der Waals surface area contributed by atoms with Crippen LogP contribution in [0.2, 0.25) is 0 Å². The lowest BCUT2D eigenvalue weighted by Gasteiger charge is -2.07. The minimum atomic E-state index is 0.712. The van der Waals surface area contributed by atoms with Gasteiger partial charge in [0.2, 0.25) is 0 Å². The SMILES string of the molecule is Cc1nc(C)nc(-c2cccc(-c3ccc(-c4cccnc4)cc3)c2)n1. The van der Waals surface area contributed by atoms with Crippen molar-refractivity contribution in [1.82, 2.24) is 19.9 Å². The largest absolute Gasteiger partial charge is 0.264 e. The van der Waals surface area contributed by atoms with E-state index in [2.05, 4.69) is 62.4 Å². The maximum atomic E-state index is 4.46. The van der Waals surface area contributed by atoms with Gasteiger partial charge in [-0.1, -0.05) is 48.5 Å². The molecule has 0 N–H and O–H groups in total. The van der Waals surface area contributed by atoms with Crippen molar-refractivity contribution in [3.63, 3.8) is 0 Å². The van der Waals surface area contributed by atoms with Gasteiger partial charge in [0.05, 0.1) is 0 Å². The molecule has 2 aromatic carbocycles. The highest BCUT2D eigenvalue weighted by Crippen LogP contribution is 2.27. The molecule has 26 heavy (non-hydrogen) atoms. The van der Waals surface area contributed by atoms with Gasteiger partial charge in [-0.3, -0.25) is 4.98 Å². The van der Waals surface area contributed by atoms with Crippen molar-refractivity contribution >= 4 is 0 Å². The molecule has 4 heteroatoms. The van der Waals surface area contributed by atoms with Crippen molar-refractivity contribution in [3.8, 4) is 33.6 Å². The third-order valence-corrected chi connectivity index (χ3v) is 4.19. The quantitative estimate of drug-likeness (QED) is 0.534. The summed E-state index contributed by atoms with van der Waals surface area (Å²) in [6.07, 6.45) is 3.66. The molecule has 0 unspecified atom stereocenters. The van der Waals surface area contributed by atoms with Gasteiger partial charge in [-0.15, -0.1) is 0 Å². The average Bonchev–Trinajstić information content (AvgIpc) is 2.68. The molecule has 4 nitrogen and oxygen atoms in total. The van der Waals surface area contributed by atoms with Crippen molar-refractivity contribution in [2.24, 2.45) is 0 Å². The van der Waals surface area contributed by atoms with E-state index in [-0.39, 0.29) is 0 Å². The topological polar surface area (TPSA) is 51.6 Å². The van der Waals surface area contributed by atoms with Crippen LogP contribution in [0.15, 0.2) is 73.1 Å². The predicted octanol–water partition coefficient (Wildman–Crippen LogP) is 4.88. The Morgan fingerprint density at radius 2 is 1.19 bits per heavy atom. The zero-order chi connectivity index (χ0) is 17.9. The molecular weight excluding hydrogens is 320 g/mol. The van der Waals surface area contributed by atoms with Crippen LogP contribution in [-0.2, 0) is 0 Å². The Bertz CT molecular complexity index is 1020. The van der Waals surface area contributed by atoms with E-state index in [1.807, 2.05) is 38.2 Å². The Morgan fingerprint density at radius 3 is 1.85 bits per heavy atom. The van der Waals surface area contributed by atoms with E-state index in [1.165, 1.54) is 0 Å². The molecule has 0 fully saturated rings. The number of benzene rings is 2. The van der Waals surface area contributed by atoms with Gasteiger partial charge < -0.3 is 0 Å². The Balaban J connectivity index is 1.68. The molecule has 4 aromatic rings. The highest BCUT2D eigenvalue weighted by Gasteiger charge is 2.07. The first-order chi connectivity index (χ1) is 12.7. The van der Waals surface area contributed by atoms with Gasteiger partial charge in [0, 0.05) is 18.0 Å². The molecule has 0 spiro atoms. The summed E-state index contributed by atoms with van der Waals surface area (Å²) in [5.41, 5.74) is 5.55. The van der Waals surface area contributed by atoms with Gasteiger partial charge in [-0.05, 0) is 48.2 Å². The van der Waals surface area contributed by atoms with Gasteiger partial charge in [0.1, 0.15) is 11.6 Å². The fourth-order valence-electron chi connectivity index (χ4n) is 2.97. The van der Waals surface area contributed by atoms with Crippen LogP contribution in [0.25, 0.3) is 33.6 Å². The first kappa shape index (κ1) is 16.1. The molecular formula is C22H18N4. The summed E-state index contributed by atoms with van der Waals surface area (Å²) in [4.78, 5) is 17.4. The smallest absolute Gasteiger partial charge is 0.163 e. The molecule has 2 heterocycles. The molecule has 0 saturated heterocycles. The Hall–Kier alpha value is -3.40. The lowest BCUT2D eigenvalue weighted by atomic mass is 9.99. The molecule has 2 aromatic heterocycles. The lowest BCUT2D eigenvalue weighted by Crippen LogP contribution is -1.98. The zero-order valence-electron chi connectivity index (χ0n) is 14.7. The van der Waals surface area contributed by atoms with Gasteiger partial charge in [0.15, 0.2) is 5.82 Å². The van der Waals surface area contributed by atoms with Crippen molar-refractivity contribution in [3.05, 3.63) is 84.7 Å². The molecule has 0 bridgehead atoms. The molecule has 0 aliphatic carbocycles. The van der Waals surface area contributed by atoms with E-state index >= 15 is 0 Å². The van der Waals surface area contributed by atoms with Crippen LogP contribution in [0.3, 0.4) is 0 Å². The van der Waals surface area contributed by atoms with E-state index in [0.29, 0.717) is 5.82 Å². The maximum Gasteiger partial charge on any atom is 0.163 e. The lowest BCUT2D eigenvalue weighted by molar-refractivity contribution is 0.928. The van der Waals surface area contributed by atoms with Crippen LogP contribution in [-0.4, -0.2) is 19.9 Å².